The van der Waals surface area contributed by atoms with Crippen LogP contribution in [0.4, 0.5) is 5.82 Å². The molecule has 2 heterocycles. The van der Waals surface area contributed by atoms with Gasteiger partial charge in [0.2, 0.25) is 0 Å². The highest BCUT2D eigenvalue weighted by Gasteiger charge is 2.17. The molecule has 0 radical (unpaired) electrons. The number of hydrogen-bond acceptors (Lipinski definition) is 7. The van der Waals surface area contributed by atoms with Gasteiger partial charge in [-0.25, -0.2) is 9.97 Å². The molecule has 0 aliphatic carbocycles. The lowest BCUT2D eigenvalue weighted by Gasteiger charge is -2.15. The summed E-state index contributed by atoms with van der Waals surface area (Å²) in [6, 6.07) is 0. The predicted octanol–water partition coefficient (Wildman–Crippen LogP) is 0.575. The summed E-state index contributed by atoms with van der Waals surface area (Å²) >= 11 is 1.21. The highest BCUT2D eigenvalue weighted by atomic mass is 32.2. The van der Waals surface area contributed by atoms with Gasteiger partial charge in [-0.15, -0.1) is 0 Å². The molecule has 0 saturated carbocycles. The van der Waals surface area contributed by atoms with Gasteiger partial charge in [0.25, 0.3) is 0 Å². The summed E-state index contributed by atoms with van der Waals surface area (Å²) in [5.74, 6) is 0.924. The van der Waals surface area contributed by atoms with Gasteiger partial charge in [0.15, 0.2) is 5.16 Å². The number of aromatic amines is 1. The second-order valence-electron chi connectivity index (χ2n) is 4.65. The maximum atomic E-state index is 11.4. The molecule has 0 aliphatic rings. The Kier molecular flexibility index (Phi) is 4.41. The molecular formula is C12H16N6O2S. The molecule has 2 rings (SSSR count). The fourth-order valence-electron chi connectivity index (χ4n) is 1.82. The molecule has 112 valence electrons. The second-order valence-corrected chi connectivity index (χ2v) is 5.60. The lowest BCUT2D eigenvalue weighted by atomic mass is 10.1. The topological polar surface area (TPSA) is 106 Å². The van der Waals surface area contributed by atoms with E-state index in [0.29, 0.717) is 10.2 Å². The van der Waals surface area contributed by atoms with E-state index in [1.165, 1.54) is 22.8 Å². The third kappa shape index (κ3) is 3.13. The van der Waals surface area contributed by atoms with Crippen molar-refractivity contribution in [3.05, 3.63) is 32.6 Å². The molecule has 0 spiro atoms. The zero-order valence-electron chi connectivity index (χ0n) is 12.2. The number of aryl methyl sites for hydroxylation is 1. The lowest BCUT2D eigenvalue weighted by molar-refractivity contribution is 0.595. The number of aromatic nitrogens is 5. The lowest BCUT2D eigenvalue weighted by Crippen LogP contribution is -2.33. The zero-order valence-corrected chi connectivity index (χ0v) is 13.0. The standard InChI is InChI=1S/C12H16N6O2S/c1-6(2)7-8(13-3)14-5-15-11(7)21-12-16-9(19)10(20)17-18(12)4/h5-6H,1-4H3,(H,17,20)(H,13,14,15). The van der Waals surface area contributed by atoms with Gasteiger partial charge in [-0.2, -0.15) is 4.98 Å². The van der Waals surface area contributed by atoms with Crippen molar-refractivity contribution >= 4 is 17.6 Å². The Hall–Kier alpha value is -2.16. The maximum absolute atomic E-state index is 11.4. The molecule has 2 aromatic rings. The quantitative estimate of drug-likeness (QED) is 0.628. The fourth-order valence-corrected chi connectivity index (χ4v) is 2.84. The average molecular weight is 308 g/mol. The van der Waals surface area contributed by atoms with Crippen molar-refractivity contribution in [1.29, 1.82) is 0 Å². The number of rotatable bonds is 4. The minimum atomic E-state index is -0.815. The molecule has 2 N–H and O–H groups in total. The van der Waals surface area contributed by atoms with E-state index < -0.39 is 11.1 Å². The summed E-state index contributed by atoms with van der Waals surface area (Å²) in [5, 5.41) is 6.49. The van der Waals surface area contributed by atoms with Gasteiger partial charge < -0.3 is 5.32 Å². The van der Waals surface area contributed by atoms with Gasteiger partial charge in [0.05, 0.1) is 0 Å². The van der Waals surface area contributed by atoms with Gasteiger partial charge >= 0.3 is 11.1 Å². The van der Waals surface area contributed by atoms with Crippen LogP contribution in [0.2, 0.25) is 0 Å². The van der Waals surface area contributed by atoms with Crippen LogP contribution in [0.5, 0.6) is 0 Å². The number of anilines is 1. The molecule has 21 heavy (non-hydrogen) atoms. The minimum Gasteiger partial charge on any atom is -0.373 e. The molecule has 0 amide bonds. The van der Waals surface area contributed by atoms with E-state index >= 15 is 0 Å². The maximum Gasteiger partial charge on any atom is 0.339 e. The summed E-state index contributed by atoms with van der Waals surface area (Å²) in [5.41, 5.74) is -0.625. The molecule has 0 bridgehead atoms. The van der Waals surface area contributed by atoms with Crippen molar-refractivity contribution < 1.29 is 0 Å². The summed E-state index contributed by atoms with van der Waals surface area (Å²) in [6.07, 6.45) is 1.45. The molecule has 0 aliphatic heterocycles. The van der Waals surface area contributed by atoms with Crippen LogP contribution in [0.25, 0.3) is 0 Å². The Morgan fingerprint density at radius 2 is 2.05 bits per heavy atom. The molecule has 0 saturated heterocycles. The molecule has 0 aromatic carbocycles. The summed E-state index contributed by atoms with van der Waals surface area (Å²) in [4.78, 5) is 34.8. The Labute approximate surface area is 125 Å². The summed E-state index contributed by atoms with van der Waals surface area (Å²) < 4.78 is 1.40. The van der Waals surface area contributed by atoms with E-state index in [-0.39, 0.29) is 5.92 Å². The molecule has 0 unspecified atom stereocenters. The van der Waals surface area contributed by atoms with Crippen LogP contribution in [0.3, 0.4) is 0 Å². The first kappa shape index (κ1) is 15.2. The summed E-state index contributed by atoms with van der Waals surface area (Å²) in [6.45, 7) is 4.06. The molecule has 8 nitrogen and oxygen atoms in total. The minimum absolute atomic E-state index is 0.191. The molecule has 0 fully saturated rings. The first-order valence-corrected chi connectivity index (χ1v) is 7.13. The predicted molar refractivity (Wildman–Crippen MR) is 79.9 cm³/mol. The van der Waals surface area contributed by atoms with Crippen LogP contribution in [-0.2, 0) is 7.05 Å². The monoisotopic (exact) mass is 308 g/mol. The van der Waals surface area contributed by atoms with Crippen LogP contribution in [0.15, 0.2) is 26.1 Å². The van der Waals surface area contributed by atoms with Crippen molar-refractivity contribution in [1.82, 2.24) is 24.7 Å². The van der Waals surface area contributed by atoms with Gasteiger partial charge in [0, 0.05) is 19.7 Å². The number of H-pyrrole nitrogens is 1. The van der Waals surface area contributed by atoms with Gasteiger partial charge in [-0.05, 0) is 17.7 Å². The Bertz CT molecular complexity index is 767. The number of nitrogens with one attached hydrogen (secondary N) is 2. The van der Waals surface area contributed by atoms with E-state index in [0.717, 1.165) is 11.4 Å². The van der Waals surface area contributed by atoms with E-state index in [9.17, 15) is 9.59 Å². The Morgan fingerprint density at radius 1 is 1.33 bits per heavy atom. The van der Waals surface area contributed by atoms with Crippen LogP contribution in [-0.4, -0.2) is 31.8 Å². The SMILES string of the molecule is CNc1ncnc(Sc2nc(=O)c(=O)[nH]n2C)c1C(C)C. The van der Waals surface area contributed by atoms with Crippen LogP contribution >= 0.6 is 11.8 Å². The van der Waals surface area contributed by atoms with Crippen LogP contribution in [0, 0.1) is 0 Å². The van der Waals surface area contributed by atoms with E-state index in [2.05, 4.69) is 25.4 Å². The molecule has 0 atom stereocenters. The number of nitrogens with zero attached hydrogens (tertiary/aromatic N) is 4. The zero-order chi connectivity index (χ0) is 15.6. The first-order valence-electron chi connectivity index (χ1n) is 6.32. The van der Waals surface area contributed by atoms with Crippen molar-refractivity contribution in [2.75, 3.05) is 12.4 Å². The highest BCUT2D eigenvalue weighted by Crippen LogP contribution is 2.33. The summed E-state index contributed by atoms with van der Waals surface area (Å²) in [7, 11) is 3.40. The van der Waals surface area contributed by atoms with Gasteiger partial charge in [-0.3, -0.25) is 19.4 Å². The van der Waals surface area contributed by atoms with Crippen LogP contribution < -0.4 is 16.4 Å². The third-order valence-electron chi connectivity index (χ3n) is 2.80. The van der Waals surface area contributed by atoms with E-state index in [4.69, 9.17) is 0 Å². The number of hydrogen-bond donors (Lipinski definition) is 2. The Morgan fingerprint density at radius 3 is 2.67 bits per heavy atom. The Balaban J connectivity index is 2.52. The molecule has 9 heteroatoms. The van der Waals surface area contributed by atoms with Gasteiger partial charge in [-0.1, -0.05) is 13.8 Å². The molecule has 2 aromatic heterocycles. The largest absolute Gasteiger partial charge is 0.373 e. The smallest absolute Gasteiger partial charge is 0.339 e. The first-order chi connectivity index (χ1) is 9.93. The highest BCUT2D eigenvalue weighted by molar-refractivity contribution is 7.99. The third-order valence-corrected chi connectivity index (χ3v) is 3.86. The molecular weight excluding hydrogens is 292 g/mol. The van der Waals surface area contributed by atoms with Crippen LogP contribution in [0.1, 0.15) is 25.3 Å². The van der Waals surface area contributed by atoms with E-state index in [1.54, 1.807) is 14.1 Å². The van der Waals surface area contributed by atoms with Gasteiger partial charge in [0.1, 0.15) is 17.2 Å². The normalized spacial score (nSPS) is 10.9. The van der Waals surface area contributed by atoms with Crippen molar-refractivity contribution in [2.24, 2.45) is 7.05 Å². The van der Waals surface area contributed by atoms with E-state index in [1.807, 2.05) is 13.8 Å². The average Bonchev–Trinajstić information content (AvgIpc) is 2.44. The van der Waals surface area contributed by atoms with Crippen molar-refractivity contribution in [3.8, 4) is 0 Å². The van der Waals surface area contributed by atoms with Crippen molar-refractivity contribution in [2.45, 2.75) is 29.9 Å². The van der Waals surface area contributed by atoms with Crippen molar-refractivity contribution in [3.63, 3.8) is 0 Å². The second kappa shape index (κ2) is 6.08. The fraction of sp³-hybridized carbons (Fsp3) is 0.417.